The minimum atomic E-state index is -2.96. The summed E-state index contributed by atoms with van der Waals surface area (Å²) in [5.74, 6) is 0.223. The Morgan fingerprint density at radius 1 is 1.43 bits per heavy atom. The van der Waals surface area contributed by atoms with Crippen molar-refractivity contribution in [1.82, 2.24) is 0 Å². The lowest BCUT2D eigenvalue weighted by Crippen LogP contribution is -1.98. The zero-order chi connectivity index (χ0) is 6.20. The van der Waals surface area contributed by atoms with Gasteiger partial charge in [0.05, 0.1) is 11.5 Å². The summed E-state index contributed by atoms with van der Waals surface area (Å²) < 4.78 is 28.1. The van der Waals surface area contributed by atoms with Crippen molar-refractivity contribution < 1.29 is 9.79 Å². The minimum Gasteiger partial charge on any atom is -0.229 e. The quantitative estimate of drug-likeness (QED) is 0.458. The van der Waals surface area contributed by atoms with Gasteiger partial charge in [-0.3, -0.25) is 0 Å². The minimum absolute atomic E-state index is 0.223. The van der Waals surface area contributed by atoms with Gasteiger partial charge in [0.15, 0.2) is 0 Å². The average Bonchev–Trinajstić information content (AvgIpc) is 1.86. The topological polar surface area (TPSA) is 34.1 Å². The molecule has 0 aromatic carbocycles. The summed E-state index contributed by atoms with van der Waals surface area (Å²) in [6.45, 7) is 0. The molecule has 1 aliphatic rings. The molecule has 1 unspecified atom stereocenters. The molecule has 0 aromatic rings. The van der Waals surface area contributed by atoms with Crippen LogP contribution in [-0.2, 0) is 9.84 Å². The van der Waals surface area contributed by atoms with Crippen molar-refractivity contribution in [2.45, 2.75) is 12.8 Å². The van der Waals surface area contributed by atoms with Gasteiger partial charge in [0, 0.05) is 1.37 Å². The second-order valence-electron chi connectivity index (χ2n) is 1.68. The SMILES string of the molecule is [2H]C1CCCS1(=O)=O. The summed E-state index contributed by atoms with van der Waals surface area (Å²) in [6, 6.07) is 0. The van der Waals surface area contributed by atoms with E-state index in [4.69, 9.17) is 1.37 Å². The molecular weight excluding hydrogens is 112 g/mol. The van der Waals surface area contributed by atoms with Gasteiger partial charge in [0.1, 0.15) is 9.84 Å². The van der Waals surface area contributed by atoms with Crippen molar-refractivity contribution >= 4 is 9.84 Å². The standard InChI is InChI=1S/C4H8O2S/c5-7(6)3-1-2-4-7/h1-4H2/i3D. The van der Waals surface area contributed by atoms with Gasteiger partial charge in [-0.2, -0.15) is 0 Å². The fraction of sp³-hybridized carbons (Fsp3) is 1.00. The van der Waals surface area contributed by atoms with E-state index in [1.807, 2.05) is 0 Å². The van der Waals surface area contributed by atoms with Crippen LogP contribution < -0.4 is 0 Å². The molecule has 0 amide bonds. The Bertz CT molecular complexity index is 172. The molecule has 2 nitrogen and oxygen atoms in total. The van der Waals surface area contributed by atoms with Gasteiger partial charge in [-0.15, -0.1) is 0 Å². The molecule has 0 radical (unpaired) electrons. The first-order chi connectivity index (χ1) is 3.63. The Morgan fingerprint density at radius 3 is 2.29 bits per heavy atom. The summed E-state index contributed by atoms with van der Waals surface area (Å²) >= 11 is 0. The third-order valence-corrected chi connectivity index (χ3v) is 2.61. The van der Waals surface area contributed by atoms with Crippen molar-refractivity contribution in [3.63, 3.8) is 0 Å². The Balaban J connectivity index is 2.85. The van der Waals surface area contributed by atoms with Gasteiger partial charge >= 0.3 is 0 Å². The molecule has 1 heterocycles. The van der Waals surface area contributed by atoms with Gasteiger partial charge in [0.2, 0.25) is 0 Å². The van der Waals surface area contributed by atoms with Crippen LogP contribution in [0.1, 0.15) is 14.2 Å². The summed E-state index contributed by atoms with van der Waals surface area (Å²) in [4.78, 5) is 0. The van der Waals surface area contributed by atoms with Crippen LogP contribution in [0, 0.1) is 0 Å². The van der Waals surface area contributed by atoms with E-state index >= 15 is 0 Å². The molecule has 1 rings (SSSR count). The van der Waals surface area contributed by atoms with Crippen molar-refractivity contribution in [2.75, 3.05) is 11.5 Å². The monoisotopic (exact) mass is 121 g/mol. The Morgan fingerprint density at radius 2 is 2.14 bits per heavy atom. The molecule has 0 aliphatic carbocycles. The summed E-state index contributed by atoms with van der Waals surface area (Å²) in [5.41, 5.74) is -0.817. The number of hydrogen-bond acceptors (Lipinski definition) is 2. The third kappa shape index (κ3) is 1.16. The summed E-state index contributed by atoms with van der Waals surface area (Å²) in [7, 11) is -2.96. The van der Waals surface area contributed by atoms with Crippen molar-refractivity contribution in [1.29, 1.82) is 0 Å². The molecule has 0 spiro atoms. The van der Waals surface area contributed by atoms with Crippen LogP contribution in [0.3, 0.4) is 0 Å². The zero-order valence-corrected chi connectivity index (χ0v) is 4.74. The van der Waals surface area contributed by atoms with Gasteiger partial charge in [-0.25, -0.2) is 8.42 Å². The van der Waals surface area contributed by atoms with E-state index in [1.165, 1.54) is 0 Å². The van der Waals surface area contributed by atoms with Crippen molar-refractivity contribution in [2.24, 2.45) is 0 Å². The largest absolute Gasteiger partial charge is 0.229 e. The second kappa shape index (κ2) is 1.47. The third-order valence-electron chi connectivity index (χ3n) is 1.00. The van der Waals surface area contributed by atoms with E-state index in [2.05, 4.69) is 0 Å². The highest BCUT2D eigenvalue weighted by Crippen LogP contribution is 2.08. The average molecular weight is 121 g/mol. The first kappa shape index (κ1) is 3.89. The highest BCUT2D eigenvalue weighted by molar-refractivity contribution is 7.91. The lowest BCUT2D eigenvalue weighted by Gasteiger charge is -1.81. The maximum Gasteiger partial charge on any atom is 0.150 e. The normalized spacial score (nSPS) is 40.6. The van der Waals surface area contributed by atoms with Crippen LogP contribution in [0.2, 0.25) is 0 Å². The lowest BCUT2D eigenvalue weighted by molar-refractivity contribution is 0.602. The zero-order valence-electron chi connectivity index (χ0n) is 4.92. The molecule has 42 valence electrons. The van der Waals surface area contributed by atoms with E-state index in [0.29, 0.717) is 12.8 Å². The molecule has 1 saturated heterocycles. The van der Waals surface area contributed by atoms with E-state index < -0.39 is 15.6 Å². The van der Waals surface area contributed by atoms with Crippen LogP contribution in [-0.4, -0.2) is 19.9 Å². The first-order valence-corrected chi connectivity index (χ1v) is 3.98. The molecule has 1 aliphatic heterocycles. The van der Waals surface area contributed by atoms with Crippen LogP contribution in [0.5, 0.6) is 0 Å². The van der Waals surface area contributed by atoms with Gasteiger partial charge < -0.3 is 0 Å². The fourth-order valence-electron chi connectivity index (χ4n) is 0.631. The van der Waals surface area contributed by atoms with Gasteiger partial charge in [0.25, 0.3) is 0 Å². The molecule has 3 heteroatoms. The number of rotatable bonds is 0. The highest BCUT2D eigenvalue weighted by Gasteiger charge is 2.16. The van der Waals surface area contributed by atoms with Crippen LogP contribution >= 0.6 is 0 Å². The maximum atomic E-state index is 10.6. The van der Waals surface area contributed by atoms with Gasteiger partial charge in [-0.1, -0.05) is 0 Å². The molecule has 1 fully saturated rings. The van der Waals surface area contributed by atoms with Gasteiger partial charge in [-0.05, 0) is 12.8 Å². The molecular formula is C4H8O2S. The van der Waals surface area contributed by atoms with Crippen LogP contribution in [0.4, 0.5) is 0 Å². The molecule has 0 saturated carbocycles. The maximum absolute atomic E-state index is 10.6. The molecule has 7 heavy (non-hydrogen) atoms. The predicted octanol–water partition coefficient (Wildman–Crippen LogP) is 0.195. The van der Waals surface area contributed by atoms with E-state index in [0.717, 1.165) is 0 Å². The van der Waals surface area contributed by atoms with Crippen molar-refractivity contribution in [3.8, 4) is 0 Å². The predicted molar refractivity (Wildman–Crippen MR) is 27.9 cm³/mol. The molecule has 0 N–H and O–H groups in total. The Hall–Kier alpha value is -0.0500. The van der Waals surface area contributed by atoms with E-state index in [9.17, 15) is 8.42 Å². The Kier molecular flexibility index (Phi) is 0.819. The second-order valence-corrected chi connectivity index (χ2v) is 3.74. The molecule has 1 atom stereocenters. The summed E-state index contributed by atoms with van der Waals surface area (Å²) in [6.07, 6.45) is 1.21. The smallest absolute Gasteiger partial charge is 0.150 e. The van der Waals surface area contributed by atoms with Crippen LogP contribution in [0.25, 0.3) is 0 Å². The summed E-state index contributed by atoms with van der Waals surface area (Å²) in [5, 5.41) is 0. The number of sulfone groups is 1. The number of hydrogen-bond donors (Lipinski definition) is 0. The molecule has 0 aromatic heterocycles. The lowest BCUT2D eigenvalue weighted by atomic mass is 10.4. The Labute approximate surface area is 44.9 Å². The van der Waals surface area contributed by atoms with Crippen LogP contribution in [0.15, 0.2) is 0 Å². The van der Waals surface area contributed by atoms with Crippen molar-refractivity contribution in [3.05, 3.63) is 0 Å². The highest BCUT2D eigenvalue weighted by atomic mass is 32.2. The van der Waals surface area contributed by atoms with E-state index in [1.54, 1.807) is 0 Å². The first-order valence-electron chi connectivity index (χ1n) is 2.84. The fourth-order valence-corrected chi connectivity index (χ4v) is 1.89. The van der Waals surface area contributed by atoms with E-state index in [-0.39, 0.29) is 5.75 Å². The molecule has 0 bridgehead atoms.